The number of ether oxygens (including phenoxy) is 2. The normalized spacial score (nSPS) is 12.3. The standard InChI is InChI=1S/C21H16N4O3/c1-22-21(26)15-4-2-3-13(9-15)16-6-8-19-23-24-20(25(19)11-16)14-5-7-17-18(10-14)28-12-27-17/h2-11H,12H2,1H3,(H,22,26). The van der Waals surface area contributed by atoms with Crippen LogP contribution in [0.15, 0.2) is 60.8 Å². The highest BCUT2D eigenvalue weighted by molar-refractivity contribution is 5.95. The van der Waals surface area contributed by atoms with Crippen molar-refractivity contribution < 1.29 is 14.3 Å². The summed E-state index contributed by atoms with van der Waals surface area (Å²) in [6, 6.07) is 17.1. The van der Waals surface area contributed by atoms with Crippen molar-refractivity contribution in [2.24, 2.45) is 0 Å². The molecule has 2 aromatic carbocycles. The molecule has 0 radical (unpaired) electrons. The topological polar surface area (TPSA) is 77.8 Å². The van der Waals surface area contributed by atoms with Gasteiger partial charge >= 0.3 is 0 Å². The van der Waals surface area contributed by atoms with E-state index in [4.69, 9.17) is 9.47 Å². The Morgan fingerprint density at radius 2 is 1.82 bits per heavy atom. The zero-order chi connectivity index (χ0) is 19.1. The number of amides is 1. The molecule has 0 aliphatic carbocycles. The molecular formula is C21H16N4O3. The Morgan fingerprint density at radius 3 is 2.71 bits per heavy atom. The van der Waals surface area contributed by atoms with Crippen LogP contribution in [0.25, 0.3) is 28.2 Å². The van der Waals surface area contributed by atoms with Gasteiger partial charge < -0.3 is 14.8 Å². The van der Waals surface area contributed by atoms with E-state index in [9.17, 15) is 4.79 Å². The molecule has 0 fully saturated rings. The van der Waals surface area contributed by atoms with Crippen LogP contribution in [0.1, 0.15) is 10.4 Å². The van der Waals surface area contributed by atoms with Crippen molar-refractivity contribution in [2.45, 2.75) is 0 Å². The first kappa shape index (κ1) is 16.3. The number of benzene rings is 2. The summed E-state index contributed by atoms with van der Waals surface area (Å²) in [6.45, 7) is 0.227. The lowest BCUT2D eigenvalue weighted by Gasteiger charge is -2.07. The number of hydrogen-bond acceptors (Lipinski definition) is 5. The van der Waals surface area contributed by atoms with E-state index < -0.39 is 0 Å². The van der Waals surface area contributed by atoms with Crippen LogP contribution in [0, 0.1) is 0 Å². The number of aromatic nitrogens is 3. The number of pyridine rings is 1. The number of nitrogens with zero attached hydrogens (tertiary/aromatic N) is 3. The van der Waals surface area contributed by atoms with Crippen molar-refractivity contribution in [3.8, 4) is 34.0 Å². The molecule has 5 rings (SSSR count). The summed E-state index contributed by atoms with van der Waals surface area (Å²) in [5, 5.41) is 11.2. The number of fused-ring (bicyclic) bond motifs is 2. The molecule has 0 atom stereocenters. The Kier molecular flexibility index (Phi) is 3.72. The summed E-state index contributed by atoms with van der Waals surface area (Å²) in [5.74, 6) is 2.01. The Bertz CT molecular complexity index is 1220. The fraction of sp³-hybridized carbons (Fsp3) is 0.0952. The molecule has 0 unspecified atom stereocenters. The zero-order valence-electron chi connectivity index (χ0n) is 15.0. The van der Waals surface area contributed by atoms with Gasteiger partial charge in [0.1, 0.15) is 0 Å². The maximum Gasteiger partial charge on any atom is 0.251 e. The maximum absolute atomic E-state index is 11.9. The fourth-order valence-corrected chi connectivity index (χ4v) is 3.28. The molecule has 3 heterocycles. The molecule has 0 bridgehead atoms. The van der Waals surface area contributed by atoms with E-state index in [1.165, 1.54) is 0 Å². The van der Waals surface area contributed by atoms with Crippen molar-refractivity contribution in [3.05, 3.63) is 66.4 Å². The number of carbonyl (C=O) groups excluding carboxylic acids is 1. The van der Waals surface area contributed by atoms with Crippen molar-refractivity contribution in [3.63, 3.8) is 0 Å². The van der Waals surface area contributed by atoms with Gasteiger partial charge in [0, 0.05) is 24.4 Å². The smallest absolute Gasteiger partial charge is 0.251 e. The summed E-state index contributed by atoms with van der Waals surface area (Å²) < 4.78 is 12.8. The van der Waals surface area contributed by atoms with Gasteiger partial charge in [-0.1, -0.05) is 12.1 Å². The second-order valence-electron chi connectivity index (χ2n) is 6.40. The lowest BCUT2D eigenvalue weighted by molar-refractivity contribution is 0.0963. The van der Waals surface area contributed by atoms with Crippen LogP contribution >= 0.6 is 0 Å². The van der Waals surface area contributed by atoms with E-state index in [1.54, 1.807) is 13.1 Å². The Balaban J connectivity index is 1.60. The van der Waals surface area contributed by atoms with E-state index in [2.05, 4.69) is 15.5 Å². The molecule has 138 valence electrons. The van der Waals surface area contributed by atoms with Gasteiger partial charge in [-0.2, -0.15) is 0 Å². The van der Waals surface area contributed by atoms with Gasteiger partial charge in [-0.3, -0.25) is 9.20 Å². The highest BCUT2D eigenvalue weighted by atomic mass is 16.7. The van der Waals surface area contributed by atoms with Gasteiger partial charge in [-0.25, -0.2) is 0 Å². The molecule has 1 N–H and O–H groups in total. The molecule has 28 heavy (non-hydrogen) atoms. The first-order valence-electron chi connectivity index (χ1n) is 8.80. The second-order valence-corrected chi connectivity index (χ2v) is 6.40. The van der Waals surface area contributed by atoms with E-state index in [-0.39, 0.29) is 12.7 Å². The number of nitrogens with one attached hydrogen (secondary N) is 1. The third kappa shape index (κ3) is 2.64. The molecule has 0 saturated heterocycles. The molecule has 7 heteroatoms. The first-order chi connectivity index (χ1) is 13.7. The quantitative estimate of drug-likeness (QED) is 0.598. The minimum atomic E-state index is -0.117. The summed E-state index contributed by atoms with van der Waals surface area (Å²) in [4.78, 5) is 11.9. The van der Waals surface area contributed by atoms with Gasteiger partial charge in [0.2, 0.25) is 6.79 Å². The second kappa shape index (κ2) is 6.38. The summed E-state index contributed by atoms with van der Waals surface area (Å²) in [7, 11) is 1.62. The maximum atomic E-state index is 11.9. The third-order valence-corrected chi connectivity index (χ3v) is 4.72. The fourth-order valence-electron chi connectivity index (χ4n) is 3.28. The zero-order valence-corrected chi connectivity index (χ0v) is 15.0. The van der Waals surface area contributed by atoms with E-state index in [0.717, 1.165) is 28.1 Å². The molecule has 0 saturated carbocycles. The predicted molar refractivity (Wildman–Crippen MR) is 103 cm³/mol. The van der Waals surface area contributed by atoms with Crippen LogP contribution in [0.4, 0.5) is 0 Å². The average Bonchev–Trinajstić information content (AvgIpc) is 3.38. The Hall–Kier alpha value is -3.87. The van der Waals surface area contributed by atoms with E-state index >= 15 is 0 Å². The van der Waals surface area contributed by atoms with Gasteiger partial charge in [-0.15, -0.1) is 10.2 Å². The molecular weight excluding hydrogens is 356 g/mol. The van der Waals surface area contributed by atoms with E-state index in [0.29, 0.717) is 17.1 Å². The lowest BCUT2D eigenvalue weighted by Crippen LogP contribution is -2.17. The minimum Gasteiger partial charge on any atom is -0.454 e. The van der Waals surface area contributed by atoms with Crippen molar-refractivity contribution >= 4 is 11.6 Å². The highest BCUT2D eigenvalue weighted by Crippen LogP contribution is 2.35. The largest absolute Gasteiger partial charge is 0.454 e. The third-order valence-electron chi connectivity index (χ3n) is 4.72. The minimum absolute atomic E-state index is 0.117. The van der Waals surface area contributed by atoms with Crippen LogP contribution in [-0.2, 0) is 0 Å². The van der Waals surface area contributed by atoms with Crippen molar-refractivity contribution in [2.75, 3.05) is 13.8 Å². The average molecular weight is 372 g/mol. The summed E-state index contributed by atoms with van der Waals surface area (Å²) in [5.41, 5.74) is 4.13. The summed E-state index contributed by atoms with van der Waals surface area (Å²) in [6.07, 6.45) is 1.97. The van der Waals surface area contributed by atoms with Crippen LogP contribution in [0.5, 0.6) is 11.5 Å². The van der Waals surface area contributed by atoms with Gasteiger partial charge in [-0.05, 0) is 53.6 Å². The molecule has 2 aromatic heterocycles. The Morgan fingerprint density at radius 1 is 0.964 bits per heavy atom. The molecule has 4 aromatic rings. The van der Waals surface area contributed by atoms with Crippen LogP contribution in [-0.4, -0.2) is 34.3 Å². The predicted octanol–water partition coefficient (Wildman–Crippen LogP) is 3.15. The number of rotatable bonds is 3. The first-order valence-corrected chi connectivity index (χ1v) is 8.80. The van der Waals surface area contributed by atoms with Crippen molar-refractivity contribution in [1.29, 1.82) is 0 Å². The number of carbonyl (C=O) groups is 1. The Labute approximate surface area is 160 Å². The summed E-state index contributed by atoms with van der Waals surface area (Å²) >= 11 is 0. The lowest BCUT2D eigenvalue weighted by atomic mass is 10.0. The molecule has 1 aliphatic rings. The molecule has 7 nitrogen and oxygen atoms in total. The van der Waals surface area contributed by atoms with E-state index in [1.807, 2.05) is 59.1 Å². The molecule has 1 aliphatic heterocycles. The molecule has 0 spiro atoms. The van der Waals surface area contributed by atoms with Gasteiger partial charge in [0.15, 0.2) is 23.0 Å². The van der Waals surface area contributed by atoms with Crippen LogP contribution in [0.3, 0.4) is 0 Å². The SMILES string of the molecule is CNC(=O)c1cccc(-c2ccc3nnc(-c4ccc5c(c4)OCO5)n3c2)c1. The monoisotopic (exact) mass is 372 g/mol. The van der Waals surface area contributed by atoms with Gasteiger partial charge in [0.25, 0.3) is 5.91 Å². The van der Waals surface area contributed by atoms with Gasteiger partial charge in [0.05, 0.1) is 0 Å². The van der Waals surface area contributed by atoms with Crippen LogP contribution in [0.2, 0.25) is 0 Å². The molecule has 1 amide bonds. The number of hydrogen-bond donors (Lipinski definition) is 1. The van der Waals surface area contributed by atoms with Crippen LogP contribution < -0.4 is 14.8 Å². The van der Waals surface area contributed by atoms with Crippen molar-refractivity contribution in [1.82, 2.24) is 19.9 Å². The highest BCUT2D eigenvalue weighted by Gasteiger charge is 2.17.